The van der Waals surface area contributed by atoms with Crippen molar-refractivity contribution in [1.29, 1.82) is 0 Å². The van der Waals surface area contributed by atoms with Gasteiger partial charge in [-0.1, -0.05) is 25.5 Å². The third-order valence-corrected chi connectivity index (χ3v) is 8.56. The van der Waals surface area contributed by atoms with Crippen LogP contribution in [0.2, 0.25) is 0 Å². The molecule has 0 aliphatic heterocycles. The third kappa shape index (κ3) is 3.55. The normalized spacial score (nSPS) is 43.0. The van der Waals surface area contributed by atoms with Gasteiger partial charge >= 0.3 is 11.9 Å². The standard InChI is InChI=1S/C26H36O6/c1-14(27)31-22-20(29)13-18-21-17(8-10-26(18,22)6)25(5)9-7-16(11-15(25)12-19(21)28)32-23(30)24(2,3)4/h7,9,11,16-19,21-22,28H,8,10,12-13H2,1-6H3/t16-,17?,18?,19-,21?,22?,25-,26-/m0/s1. The maximum Gasteiger partial charge on any atom is 0.312 e. The molecule has 0 aromatic carbocycles. The van der Waals surface area contributed by atoms with Gasteiger partial charge in [-0.2, -0.15) is 0 Å². The van der Waals surface area contributed by atoms with E-state index in [2.05, 4.69) is 13.0 Å². The monoisotopic (exact) mass is 444 g/mol. The van der Waals surface area contributed by atoms with E-state index in [1.54, 1.807) is 0 Å². The Morgan fingerprint density at radius 2 is 1.81 bits per heavy atom. The molecule has 0 spiro atoms. The lowest BCUT2D eigenvalue weighted by Crippen LogP contribution is -2.55. The molecule has 0 aromatic heterocycles. The zero-order chi connectivity index (χ0) is 23.6. The van der Waals surface area contributed by atoms with Crippen molar-refractivity contribution in [1.82, 2.24) is 0 Å². The highest BCUT2D eigenvalue weighted by molar-refractivity contribution is 5.89. The van der Waals surface area contributed by atoms with Crippen molar-refractivity contribution in [3.63, 3.8) is 0 Å². The van der Waals surface area contributed by atoms with Gasteiger partial charge in [0.15, 0.2) is 11.9 Å². The van der Waals surface area contributed by atoms with E-state index in [1.807, 2.05) is 39.8 Å². The summed E-state index contributed by atoms with van der Waals surface area (Å²) in [7, 11) is 0. The number of fused-ring (bicyclic) bond motifs is 5. The minimum atomic E-state index is -0.717. The fraction of sp³-hybridized carbons (Fsp3) is 0.731. The Balaban J connectivity index is 1.60. The number of esters is 2. The molecule has 4 rings (SSSR count). The summed E-state index contributed by atoms with van der Waals surface area (Å²) in [6, 6.07) is 0. The van der Waals surface area contributed by atoms with Crippen LogP contribution in [0.4, 0.5) is 0 Å². The van der Waals surface area contributed by atoms with Crippen molar-refractivity contribution < 1.29 is 29.0 Å². The van der Waals surface area contributed by atoms with Crippen LogP contribution in [-0.4, -0.2) is 41.1 Å². The second kappa shape index (κ2) is 7.54. The summed E-state index contributed by atoms with van der Waals surface area (Å²) in [5.41, 5.74) is -0.166. The minimum Gasteiger partial charge on any atom is -0.454 e. The molecular formula is C26H36O6. The molecule has 4 aliphatic rings. The van der Waals surface area contributed by atoms with E-state index in [0.717, 1.165) is 18.4 Å². The fourth-order valence-electron chi connectivity index (χ4n) is 6.77. The van der Waals surface area contributed by atoms with Gasteiger partial charge in [0.25, 0.3) is 0 Å². The van der Waals surface area contributed by atoms with E-state index < -0.39 is 35.1 Å². The summed E-state index contributed by atoms with van der Waals surface area (Å²) in [5, 5.41) is 11.3. The molecule has 4 unspecified atom stereocenters. The first kappa shape index (κ1) is 23.2. The molecule has 176 valence electrons. The SMILES string of the molecule is CC(=O)OC1C(=O)CC2C3C(CC[C@]12C)[C@@]1(C)C=C[C@H](OC(=O)C(C)(C)C)C=C1C[C@@H]3O. The number of aliphatic hydroxyl groups excluding tert-OH is 1. The number of carbonyl (C=O) groups is 3. The highest BCUT2D eigenvalue weighted by Crippen LogP contribution is 2.64. The average Bonchev–Trinajstić information content (AvgIpc) is 2.92. The van der Waals surface area contributed by atoms with E-state index >= 15 is 0 Å². The molecule has 1 N–H and O–H groups in total. The van der Waals surface area contributed by atoms with E-state index in [1.165, 1.54) is 6.92 Å². The molecule has 6 nitrogen and oxygen atoms in total. The zero-order valence-electron chi connectivity index (χ0n) is 20.0. The average molecular weight is 445 g/mol. The third-order valence-electron chi connectivity index (χ3n) is 8.56. The Morgan fingerprint density at radius 3 is 2.44 bits per heavy atom. The van der Waals surface area contributed by atoms with Crippen LogP contribution >= 0.6 is 0 Å². The Hall–Kier alpha value is -1.95. The molecule has 0 radical (unpaired) electrons. The number of aliphatic hydroxyl groups is 1. The first-order valence-corrected chi connectivity index (χ1v) is 11.8. The van der Waals surface area contributed by atoms with Crippen molar-refractivity contribution in [2.45, 2.75) is 85.5 Å². The van der Waals surface area contributed by atoms with Crippen LogP contribution < -0.4 is 0 Å². The molecule has 3 fully saturated rings. The second-order valence-corrected chi connectivity index (χ2v) is 11.7. The molecule has 8 atom stereocenters. The summed E-state index contributed by atoms with van der Waals surface area (Å²) in [6.45, 7) is 11.1. The molecule has 3 saturated carbocycles. The van der Waals surface area contributed by atoms with Gasteiger partial charge in [0, 0.05) is 24.2 Å². The molecule has 32 heavy (non-hydrogen) atoms. The molecule has 0 amide bonds. The number of carbonyl (C=O) groups excluding carboxylic acids is 3. The van der Waals surface area contributed by atoms with Crippen LogP contribution in [0.3, 0.4) is 0 Å². The Labute approximate surface area is 190 Å². The van der Waals surface area contributed by atoms with Crippen LogP contribution in [0, 0.1) is 34.0 Å². The van der Waals surface area contributed by atoms with Crippen molar-refractivity contribution in [3.05, 3.63) is 23.8 Å². The summed E-state index contributed by atoms with van der Waals surface area (Å²) >= 11 is 0. The highest BCUT2D eigenvalue weighted by atomic mass is 16.5. The number of hydrogen-bond donors (Lipinski definition) is 1. The second-order valence-electron chi connectivity index (χ2n) is 11.7. The van der Waals surface area contributed by atoms with Crippen LogP contribution in [0.25, 0.3) is 0 Å². The van der Waals surface area contributed by atoms with Gasteiger partial charge in [-0.05, 0) is 69.9 Å². The summed E-state index contributed by atoms with van der Waals surface area (Å²) < 4.78 is 11.2. The first-order valence-electron chi connectivity index (χ1n) is 11.8. The van der Waals surface area contributed by atoms with E-state index in [4.69, 9.17) is 9.47 Å². The smallest absolute Gasteiger partial charge is 0.312 e. The summed E-state index contributed by atoms with van der Waals surface area (Å²) in [6.07, 6.45) is 6.82. The van der Waals surface area contributed by atoms with Gasteiger partial charge in [-0.25, -0.2) is 0 Å². The van der Waals surface area contributed by atoms with Gasteiger partial charge in [0.05, 0.1) is 11.5 Å². The largest absolute Gasteiger partial charge is 0.454 e. The van der Waals surface area contributed by atoms with E-state index in [9.17, 15) is 19.5 Å². The Morgan fingerprint density at radius 1 is 1.12 bits per heavy atom. The van der Waals surface area contributed by atoms with Gasteiger partial charge in [-0.3, -0.25) is 14.4 Å². The van der Waals surface area contributed by atoms with Gasteiger partial charge in [0.2, 0.25) is 0 Å². The molecule has 0 saturated heterocycles. The Kier molecular flexibility index (Phi) is 5.47. The lowest BCUT2D eigenvalue weighted by molar-refractivity contribution is -0.163. The lowest BCUT2D eigenvalue weighted by atomic mass is 9.47. The Bertz CT molecular complexity index is 894. The molecule has 6 heteroatoms. The molecule has 0 aromatic rings. The number of hydrogen-bond acceptors (Lipinski definition) is 6. The van der Waals surface area contributed by atoms with Crippen molar-refractivity contribution in [2.75, 3.05) is 0 Å². The number of ketones is 1. The van der Waals surface area contributed by atoms with Crippen molar-refractivity contribution in [3.8, 4) is 0 Å². The summed E-state index contributed by atoms with van der Waals surface area (Å²) in [4.78, 5) is 36.8. The van der Waals surface area contributed by atoms with E-state index in [-0.39, 0.29) is 34.9 Å². The zero-order valence-corrected chi connectivity index (χ0v) is 20.0. The minimum absolute atomic E-state index is 0.0173. The molecule has 0 bridgehead atoms. The van der Waals surface area contributed by atoms with Crippen molar-refractivity contribution >= 4 is 17.7 Å². The quantitative estimate of drug-likeness (QED) is 0.515. The van der Waals surface area contributed by atoms with Crippen LogP contribution in [0.15, 0.2) is 23.8 Å². The fourth-order valence-corrected chi connectivity index (χ4v) is 6.77. The maximum absolute atomic E-state index is 12.8. The van der Waals surface area contributed by atoms with E-state index in [0.29, 0.717) is 12.8 Å². The van der Waals surface area contributed by atoms with Gasteiger partial charge in [0.1, 0.15) is 6.10 Å². The maximum atomic E-state index is 12.8. The molecule has 4 aliphatic carbocycles. The predicted octanol–water partition coefficient (Wildman–Crippen LogP) is 3.76. The first-order chi connectivity index (χ1) is 14.8. The van der Waals surface area contributed by atoms with Crippen molar-refractivity contribution in [2.24, 2.45) is 34.0 Å². The van der Waals surface area contributed by atoms with Gasteiger partial charge < -0.3 is 14.6 Å². The van der Waals surface area contributed by atoms with Crippen LogP contribution in [0.1, 0.15) is 67.2 Å². The topological polar surface area (TPSA) is 89.9 Å². The number of rotatable bonds is 2. The van der Waals surface area contributed by atoms with Crippen LogP contribution in [0.5, 0.6) is 0 Å². The van der Waals surface area contributed by atoms with Gasteiger partial charge in [-0.15, -0.1) is 0 Å². The number of allylic oxidation sites excluding steroid dienone is 1. The number of ether oxygens (including phenoxy) is 2. The predicted molar refractivity (Wildman–Crippen MR) is 118 cm³/mol. The molecular weight excluding hydrogens is 408 g/mol. The highest BCUT2D eigenvalue weighted by Gasteiger charge is 2.64. The lowest BCUT2D eigenvalue weighted by Gasteiger charge is -2.58. The summed E-state index contributed by atoms with van der Waals surface area (Å²) in [5.74, 6) is -0.596. The molecule has 0 heterocycles. The number of Topliss-reactive ketones (excluding diaryl/α,β-unsaturated/α-hetero) is 1. The van der Waals surface area contributed by atoms with Crippen LogP contribution in [-0.2, 0) is 23.9 Å².